The van der Waals surface area contributed by atoms with E-state index in [-0.39, 0.29) is 24.1 Å². The summed E-state index contributed by atoms with van der Waals surface area (Å²) in [4.78, 5) is 30.3. The second-order valence-electron chi connectivity index (χ2n) is 11.5. The molecule has 0 aromatic rings. The highest BCUT2D eigenvalue weighted by molar-refractivity contribution is 6.76. The topological polar surface area (TPSA) is 77.5 Å². The highest BCUT2D eigenvalue weighted by atomic mass is 28.3. The first-order chi connectivity index (χ1) is 15.1. The lowest BCUT2D eigenvalue weighted by atomic mass is 9.72. The van der Waals surface area contributed by atoms with Crippen LogP contribution >= 0.6 is 0 Å². The summed E-state index contributed by atoms with van der Waals surface area (Å²) in [5, 5.41) is 0. The maximum atomic E-state index is 13.5. The molecule has 0 aromatic heterocycles. The average molecular weight is 469 g/mol. The Kier molecular flexibility index (Phi) is 6.77. The lowest BCUT2D eigenvalue weighted by Crippen LogP contribution is -2.56. The zero-order chi connectivity index (χ0) is 23.0. The summed E-state index contributed by atoms with van der Waals surface area (Å²) in [6.07, 6.45) is 4.58. The molecule has 3 amide bonds. The number of nitrogens with zero attached hydrogens (tertiary/aromatic N) is 2. The van der Waals surface area contributed by atoms with Crippen molar-refractivity contribution >= 4 is 20.0 Å². The molecule has 4 rings (SSSR count). The summed E-state index contributed by atoms with van der Waals surface area (Å²) in [6, 6.07) is 0.801. The first-order valence-corrected chi connectivity index (χ1v) is 15.9. The van der Waals surface area contributed by atoms with Gasteiger partial charge in [-0.2, -0.15) is 0 Å². The number of amides is 3. The van der Waals surface area contributed by atoms with Gasteiger partial charge in [0.2, 0.25) is 0 Å². The Hall–Kier alpha value is -1.00. The lowest BCUT2D eigenvalue weighted by Gasteiger charge is -2.46. The van der Waals surface area contributed by atoms with Gasteiger partial charge in [0.25, 0.3) is 5.91 Å². The van der Waals surface area contributed by atoms with E-state index in [0.29, 0.717) is 52.4 Å². The minimum Gasteiger partial charge on any atom is -0.381 e. The Morgan fingerprint density at radius 3 is 2.16 bits per heavy atom. The number of urea groups is 1. The van der Waals surface area contributed by atoms with E-state index in [1.54, 1.807) is 0 Å². The quantitative estimate of drug-likeness (QED) is 0.324. The molecule has 0 unspecified atom stereocenters. The summed E-state index contributed by atoms with van der Waals surface area (Å²) in [5.74, 6) is -0.547. The third-order valence-electron chi connectivity index (χ3n) is 7.73. The smallest absolute Gasteiger partial charge is 0.329 e. The summed E-state index contributed by atoms with van der Waals surface area (Å²) in [6.45, 7) is 12.6. The van der Waals surface area contributed by atoms with Crippen LogP contribution in [0.25, 0.3) is 0 Å². The second kappa shape index (κ2) is 8.98. The van der Waals surface area contributed by atoms with Crippen LogP contribution in [0.3, 0.4) is 0 Å². The summed E-state index contributed by atoms with van der Waals surface area (Å²) in [5.41, 5.74) is -0.869. The van der Waals surface area contributed by atoms with E-state index in [1.165, 1.54) is 4.90 Å². The number of ether oxygens (including phenoxy) is 4. The van der Waals surface area contributed by atoms with Crippen LogP contribution < -0.4 is 0 Å². The fourth-order valence-corrected chi connectivity index (χ4v) is 6.16. The van der Waals surface area contributed by atoms with Crippen LogP contribution in [0, 0.1) is 5.41 Å². The predicted octanol–water partition coefficient (Wildman–Crippen LogP) is 3.44. The molecule has 32 heavy (non-hydrogen) atoms. The lowest BCUT2D eigenvalue weighted by molar-refractivity contribution is -0.192. The van der Waals surface area contributed by atoms with E-state index in [1.807, 2.05) is 4.90 Å². The van der Waals surface area contributed by atoms with Crippen molar-refractivity contribution in [3.8, 4) is 0 Å². The Labute approximate surface area is 192 Å². The molecule has 182 valence electrons. The van der Waals surface area contributed by atoms with E-state index >= 15 is 0 Å². The highest BCUT2D eigenvalue weighted by Gasteiger charge is 2.59. The molecule has 1 saturated carbocycles. The Balaban J connectivity index is 1.45. The third kappa shape index (κ3) is 4.77. The van der Waals surface area contributed by atoms with E-state index in [2.05, 4.69) is 26.6 Å². The number of imide groups is 1. The van der Waals surface area contributed by atoms with Gasteiger partial charge in [0, 0.05) is 60.1 Å². The van der Waals surface area contributed by atoms with Gasteiger partial charge in [0.1, 0.15) is 12.3 Å². The first-order valence-electron chi connectivity index (χ1n) is 12.2. The van der Waals surface area contributed by atoms with Gasteiger partial charge in [-0.1, -0.05) is 26.6 Å². The normalized spacial score (nSPS) is 27.1. The molecule has 3 aliphatic heterocycles. The van der Waals surface area contributed by atoms with E-state index < -0.39 is 19.4 Å². The number of hydrogen-bond donors (Lipinski definition) is 0. The molecule has 3 saturated heterocycles. The Bertz CT molecular complexity index is 702. The van der Waals surface area contributed by atoms with Gasteiger partial charge in [-0.15, -0.1) is 0 Å². The van der Waals surface area contributed by atoms with Crippen molar-refractivity contribution in [1.29, 1.82) is 0 Å². The molecule has 0 bridgehead atoms. The monoisotopic (exact) mass is 468 g/mol. The van der Waals surface area contributed by atoms with Gasteiger partial charge in [0.05, 0.1) is 13.2 Å². The minimum atomic E-state index is -1.23. The van der Waals surface area contributed by atoms with Gasteiger partial charge >= 0.3 is 6.03 Å². The van der Waals surface area contributed by atoms with Crippen molar-refractivity contribution in [2.75, 3.05) is 46.3 Å². The van der Waals surface area contributed by atoms with Gasteiger partial charge < -0.3 is 23.8 Å². The van der Waals surface area contributed by atoms with Gasteiger partial charge in [-0.25, -0.2) is 9.69 Å². The van der Waals surface area contributed by atoms with Crippen molar-refractivity contribution in [3.05, 3.63) is 0 Å². The van der Waals surface area contributed by atoms with Crippen LogP contribution in [-0.2, 0) is 23.7 Å². The molecule has 0 aromatic carbocycles. The molecule has 0 N–H and O–H groups in total. The minimum absolute atomic E-state index is 0.0444. The molecule has 0 radical (unpaired) electrons. The second-order valence-corrected chi connectivity index (χ2v) is 17.1. The molecule has 3 heterocycles. The highest BCUT2D eigenvalue weighted by Crippen LogP contribution is 2.47. The van der Waals surface area contributed by atoms with Crippen LogP contribution in [0.1, 0.15) is 45.4 Å². The van der Waals surface area contributed by atoms with Crippen molar-refractivity contribution in [2.24, 2.45) is 5.41 Å². The molecule has 1 aliphatic carbocycles. The standard InChI is InChI=1S/C23H40N2O6Si/c1-21(5-7-23(8-6-21)30-13-14-31-23)17-25-20(27)24(18-29-15-16-32(2,3)4)19(26)22(25)9-11-28-12-10-22/h5-18H2,1-4H3. The van der Waals surface area contributed by atoms with Crippen molar-refractivity contribution in [3.63, 3.8) is 0 Å². The number of carbonyl (C=O) groups excluding carboxylic acids is 2. The van der Waals surface area contributed by atoms with Crippen molar-refractivity contribution < 1.29 is 28.5 Å². The number of rotatable bonds is 7. The zero-order valence-electron chi connectivity index (χ0n) is 20.2. The molecular formula is C23H40N2O6Si. The number of hydrogen-bond acceptors (Lipinski definition) is 6. The van der Waals surface area contributed by atoms with Crippen LogP contribution in [0.15, 0.2) is 0 Å². The van der Waals surface area contributed by atoms with Crippen molar-refractivity contribution in [1.82, 2.24) is 9.80 Å². The molecule has 8 nitrogen and oxygen atoms in total. The molecule has 4 aliphatic rings. The largest absolute Gasteiger partial charge is 0.381 e. The fourth-order valence-electron chi connectivity index (χ4n) is 5.40. The average Bonchev–Trinajstić information content (AvgIpc) is 3.28. The Morgan fingerprint density at radius 2 is 1.56 bits per heavy atom. The summed E-state index contributed by atoms with van der Waals surface area (Å²) in [7, 11) is -1.23. The Morgan fingerprint density at radius 1 is 0.938 bits per heavy atom. The van der Waals surface area contributed by atoms with E-state index in [0.717, 1.165) is 31.7 Å². The molecule has 4 fully saturated rings. The fraction of sp³-hybridized carbons (Fsp3) is 0.913. The van der Waals surface area contributed by atoms with Crippen LogP contribution in [0.2, 0.25) is 25.7 Å². The zero-order valence-corrected chi connectivity index (χ0v) is 21.2. The molecule has 9 heteroatoms. The van der Waals surface area contributed by atoms with E-state index in [4.69, 9.17) is 18.9 Å². The van der Waals surface area contributed by atoms with Gasteiger partial charge in [-0.3, -0.25) is 4.79 Å². The summed E-state index contributed by atoms with van der Waals surface area (Å²) >= 11 is 0. The van der Waals surface area contributed by atoms with Gasteiger partial charge in [0.15, 0.2) is 5.79 Å². The SMILES string of the molecule is CC1(CN2C(=O)N(COCC[Si](C)(C)C)C(=O)C23CCOCC3)CCC2(CC1)OCCO2. The predicted molar refractivity (Wildman–Crippen MR) is 122 cm³/mol. The number of carbonyl (C=O) groups is 2. The van der Waals surface area contributed by atoms with Crippen LogP contribution in [0.4, 0.5) is 4.79 Å². The van der Waals surface area contributed by atoms with Crippen LogP contribution in [0.5, 0.6) is 0 Å². The molecular weight excluding hydrogens is 428 g/mol. The summed E-state index contributed by atoms with van der Waals surface area (Å²) < 4.78 is 23.2. The molecule has 2 spiro atoms. The third-order valence-corrected chi connectivity index (χ3v) is 9.43. The van der Waals surface area contributed by atoms with E-state index in [9.17, 15) is 9.59 Å². The molecule has 0 atom stereocenters. The maximum absolute atomic E-state index is 13.5. The first kappa shape index (κ1) is 24.1. The maximum Gasteiger partial charge on any atom is 0.329 e. The van der Waals surface area contributed by atoms with Crippen LogP contribution in [-0.4, -0.2) is 87.4 Å². The van der Waals surface area contributed by atoms with Gasteiger partial charge in [-0.05, 0) is 24.3 Å². The van der Waals surface area contributed by atoms with Crippen molar-refractivity contribution in [2.45, 2.75) is 82.5 Å².